The average molecular weight is 342 g/mol. The average Bonchev–Trinajstić information content (AvgIpc) is 2.49. The molecular formula is C17H21ClFNO3. The lowest BCUT2D eigenvalue weighted by atomic mass is 9.78. The van der Waals surface area contributed by atoms with Crippen molar-refractivity contribution in [2.24, 2.45) is 11.8 Å². The van der Waals surface area contributed by atoms with Gasteiger partial charge in [0.25, 0.3) is 5.91 Å². The van der Waals surface area contributed by atoms with Crippen molar-refractivity contribution < 1.29 is 18.7 Å². The zero-order valence-electron chi connectivity index (χ0n) is 13.3. The molecule has 0 saturated heterocycles. The van der Waals surface area contributed by atoms with Crippen molar-refractivity contribution in [3.63, 3.8) is 0 Å². The maximum atomic E-state index is 13.6. The van der Waals surface area contributed by atoms with E-state index in [2.05, 4.69) is 19.2 Å². The van der Waals surface area contributed by atoms with Crippen LogP contribution in [0.5, 0.6) is 0 Å². The maximum Gasteiger partial charge on any atom is 0.343 e. The van der Waals surface area contributed by atoms with Gasteiger partial charge >= 0.3 is 5.97 Å². The number of hydrogen-bond acceptors (Lipinski definition) is 3. The van der Waals surface area contributed by atoms with Crippen LogP contribution in [0.25, 0.3) is 0 Å². The summed E-state index contributed by atoms with van der Waals surface area (Å²) in [6.07, 6.45) is 3.15. The number of halogens is 2. The first-order valence-corrected chi connectivity index (χ1v) is 8.18. The minimum Gasteiger partial charge on any atom is -0.452 e. The van der Waals surface area contributed by atoms with E-state index < -0.39 is 18.4 Å². The lowest BCUT2D eigenvalue weighted by Gasteiger charge is -2.34. The number of ether oxygens (including phenoxy) is 1. The predicted octanol–water partition coefficient (Wildman–Crippen LogP) is 3.58. The predicted molar refractivity (Wildman–Crippen MR) is 85.8 cm³/mol. The van der Waals surface area contributed by atoms with E-state index in [1.807, 2.05) is 0 Å². The topological polar surface area (TPSA) is 55.4 Å². The van der Waals surface area contributed by atoms with Crippen LogP contribution in [0.15, 0.2) is 18.2 Å². The third kappa shape index (κ3) is 4.44. The molecule has 0 bridgehead atoms. The highest BCUT2D eigenvalue weighted by molar-refractivity contribution is 6.33. The van der Waals surface area contributed by atoms with E-state index in [4.69, 9.17) is 16.3 Å². The van der Waals surface area contributed by atoms with Crippen molar-refractivity contribution >= 4 is 23.5 Å². The fourth-order valence-corrected chi connectivity index (χ4v) is 3.17. The van der Waals surface area contributed by atoms with Crippen molar-refractivity contribution in [2.45, 2.75) is 39.2 Å². The van der Waals surface area contributed by atoms with Gasteiger partial charge in [-0.05, 0) is 30.4 Å². The minimum absolute atomic E-state index is 0.0369. The number of carbonyl (C=O) groups is 2. The summed E-state index contributed by atoms with van der Waals surface area (Å²) >= 11 is 5.79. The van der Waals surface area contributed by atoms with Crippen LogP contribution in [0.3, 0.4) is 0 Å². The summed E-state index contributed by atoms with van der Waals surface area (Å²) in [7, 11) is 0. The molecule has 23 heavy (non-hydrogen) atoms. The molecule has 1 aromatic rings. The summed E-state index contributed by atoms with van der Waals surface area (Å²) in [6.45, 7) is 3.84. The summed E-state index contributed by atoms with van der Waals surface area (Å²) in [5.41, 5.74) is -0.346. The van der Waals surface area contributed by atoms with Gasteiger partial charge in [0.15, 0.2) is 6.61 Å². The molecule has 1 aromatic carbocycles. The van der Waals surface area contributed by atoms with Gasteiger partial charge in [0, 0.05) is 6.04 Å². The molecule has 126 valence electrons. The molecule has 3 atom stereocenters. The summed E-state index contributed by atoms with van der Waals surface area (Å²) in [4.78, 5) is 23.8. The fraction of sp³-hybridized carbons (Fsp3) is 0.529. The first-order valence-electron chi connectivity index (χ1n) is 7.80. The molecule has 1 N–H and O–H groups in total. The quantitative estimate of drug-likeness (QED) is 0.852. The maximum absolute atomic E-state index is 13.6. The zero-order valence-corrected chi connectivity index (χ0v) is 14.0. The van der Waals surface area contributed by atoms with Crippen molar-refractivity contribution in [3.05, 3.63) is 34.6 Å². The Morgan fingerprint density at radius 1 is 1.35 bits per heavy atom. The van der Waals surface area contributed by atoms with Crippen molar-refractivity contribution in [3.8, 4) is 0 Å². The van der Waals surface area contributed by atoms with Gasteiger partial charge in [0.05, 0.1) is 5.02 Å². The van der Waals surface area contributed by atoms with Crippen LogP contribution in [0, 0.1) is 17.7 Å². The summed E-state index contributed by atoms with van der Waals surface area (Å²) < 4.78 is 18.5. The van der Waals surface area contributed by atoms with E-state index >= 15 is 0 Å². The Kier molecular flexibility index (Phi) is 5.99. The van der Waals surface area contributed by atoms with Crippen LogP contribution < -0.4 is 5.32 Å². The lowest BCUT2D eigenvalue weighted by Crippen LogP contribution is -2.45. The SMILES string of the molecule is C[C@@H]1[C@@H](C)CCC[C@H]1NC(=O)COC(=O)c1c(F)cccc1Cl. The van der Waals surface area contributed by atoms with Crippen molar-refractivity contribution in [1.82, 2.24) is 5.32 Å². The van der Waals surface area contributed by atoms with Crippen LogP contribution in [-0.4, -0.2) is 24.5 Å². The Hall–Kier alpha value is -1.62. The lowest BCUT2D eigenvalue weighted by molar-refractivity contribution is -0.125. The molecule has 0 aliphatic heterocycles. The van der Waals surface area contributed by atoms with Crippen LogP contribution >= 0.6 is 11.6 Å². The van der Waals surface area contributed by atoms with E-state index in [1.54, 1.807) is 0 Å². The second kappa shape index (κ2) is 7.77. The molecule has 1 amide bonds. The van der Waals surface area contributed by atoms with Gasteiger partial charge in [-0.2, -0.15) is 0 Å². The second-order valence-corrected chi connectivity index (χ2v) is 6.52. The highest BCUT2D eigenvalue weighted by Crippen LogP contribution is 2.29. The second-order valence-electron chi connectivity index (χ2n) is 6.11. The molecule has 0 radical (unpaired) electrons. The van der Waals surface area contributed by atoms with E-state index in [9.17, 15) is 14.0 Å². The Morgan fingerprint density at radius 2 is 2.09 bits per heavy atom. The molecule has 1 saturated carbocycles. The van der Waals surface area contributed by atoms with Crippen LogP contribution in [0.1, 0.15) is 43.5 Å². The minimum atomic E-state index is -0.937. The molecule has 4 nitrogen and oxygen atoms in total. The first-order chi connectivity index (χ1) is 10.9. The van der Waals surface area contributed by atoms with Crippen molar-refractivity contribution in [1.29, 1.82) is 0 Å². The largest absolute Gasteiger partial charge is 0.452 e. The van der Waals surface area contributed by atoms with Gasteiger partial charge in [0.2, 0.25) is 0 Å². The summed E-state index contributed by atoms with van der Waals surface area (Å²) in [5.74, 6) is -1.15. The van der Waals surface area contributed by atoms with Crippen LogP contribution in [0.4, 0.5) is 4.39 Å². The molecule has 1 aliphatic rings. The van der Waals surface area contributed by atoms with Crippen LogP contribution in [-0.2, 0) is 9.53 Å². The molecule has 1 aliphatic carbocycles. The van der Waals surface area contributed by atoms with E-state index in [0.29, 0.717) is 11.8 Å². The number of benzene rings is 1. The Morgan fingerprint density at radius 3 is 2.78 bits per heavy atom. The van der Waals surface area contributed by atoms with Gasteiger partial charge in [0.1, 0.15) is 11.4 Å². The monoisotopic (exact) mass is 341 g/mol. The molecule has 0 heterocycles. The van der Waals surface area contributed by atoms with Gasteiger partial charge in [-0.3, -0.25) is 4.79 Å². The Balaban J connectivity index is 1.88. The van der Waals surface area contributed by atoms with Gasteiger partial charge in [-0.15, -0.1) is 0 Å². The number of esters is 1. The molecule has 1 fully saturated rings. The molecule has 6 heteroatoms. The summed E-state index contributed by atoms with van der Waals surface area (Å²) in [6, 6.07) is 3.99. The Labute approximate surface area is 140 Å². The molecule has 0 spiro atoms. The third-order valence-corrected chi connectivity index (χ3v) is 4.87. The number of rotatable bonds is 4. The number of carbonyl (C=O) groups excluding carboxylic acids is 2. The molecule has 0 aromatic heterocycles. The summed E-state index contributed by atoms with van der Waals surface area (Å²) in [5, 5.41) is 2.86. The highest BCUT2D eigenvalue weighted by atomic mass is 35.5. The van der Waals surface area contributed by atoms with Crippen LogP contribution in [0.2, 0.25) is 5.02 Å². The van der Waals surface area contributed by atoms with E-state index in [0.717, 1.165) is 25.3 Å². The normalized spacial score (nSPS) is 24.1. The zero-order chi connectivity index (χ0) is 17.0. The van der Waals surface area contributed by atoms with Gasteiger partial charge < -0.3 is 10.1 Å². The standard InChI is InChI=1S/C17H21ClFNO3/c1-10-5-3-8-14(11(10)2)20-15(21)9-23-17(22)16-12(18)6-4-7-13(16)19/h4,6-7,10-11,14H,3,5,8-9H2,1-2H3,(H,20,21)/t10-,11+,14+/m0/s1. The Bertz CT molecular complexity index is 573. The molecule has 2 rings (SSSR count). The first kappa shape index (κ1) is 17.7. The number of amides is 1. The van der Waals surface area contributed by atoms with Gasteiger partial charge in [-0.25, -0.2) is 9.18 Å². The van der Waals surface area contributed by atoms with Gasteiger partial charge in [-0.1, -0.05) is 44.4 Å². The van der Waals surface area contributed by atoms with E-state index in [1.165, 1.54) is 12.1 Å². The fourth-order valence-electron chi connectivity index (χ4n) is 2.93. The number of hydrogen-bond donors (Lipinski definition) is 1. The number of nitrogens with one attached hydrogen (secondary N) is 1. The molecule has 0 unspecified atom stereocenters. The highest BCUT2D eigenvalue weighted by Gasteiger charge is 2.28. The smallest absolute Gasteiger partial charge is 0.343 e. The third-order valence-electron chi connectivity index (χ3n) is 4.55. The van der Waals surface area contributed by atoms with E-state index in [-0.39, 0.29) is 22.5 Å². The molecular weight excluding hydrogens is 321 g/mol. The van der Waals surface area contributed by atoms with Crippen molar-refractivity contribution in [2.75, 3.05) is 6.61 Å².